The van der Waals surface area contributed by atoms with E-state index >= 15 is 0 Å². The van der Waals surface area contributed by atoms with E-state index in [0.29, 0.717) is 29.4 Å². The summed E-state index contributed by atoms with van der Waals surface area (Å²) in [6.45, 7) is 0.291. The molecule has 7 nitrogen and oxygen atoms in total. The fourth-order valence-corrected chi connectivity index (χ4v) is 3.10. The van der Waals surface area contributed by atoms with Gasteiger partial charge < -0.3 is 14.2 Å². The quantitative estimate of drug-likeness (QED) is 0.149. The van der Waals surface area contributed by atoms with Gasteiger partial charge in [0.2, 0.25) is 0 Å². The highest BCUT2D eigenvalue weighted by Gasteiger charge is 2.07. The van der Waals surface area contributed by atoms with Gasteiger partial charge in [-0.25, -0.2) is 10.2 Å². The van der Waals surface area contributed by atoms with Crippen molar-refractivity contribution in [2.75, 3.05) is 6.61 Å². The van der Waals surface area contributed by atoms with E-state index in [2.05, 4.69) is 10.5 Å². The van der Waals surface area contributed by atoms with Crippen LogP contribution in [0.4, 0.5) is 0 Å². The topological polar surface area (TPSA) is 86.2 Å². The van der Waals surface area contributed by atoms with E-state index in [-0.39, 0.29) is 6.61 Å². The highest BCUT2D eigenvalue weighted by molar-refractivity contribution is 5.91. The zero-order valence-corrected chi connectivity index (χ0v) is 19.4. The summed E-state index contributed by atoms with van der Waals surface area (Å²) in [5.74, 6) is 0.834. The van der Waals surface area contributed by atoms with Gasteiger partial charge >= 0.3 is 5.97 Å². The second-order valence-corrected chi connectivity index (χ2v) is 7.65. The lowest BCUT2D eigenvalue weighted by molar-refractivity contribution is -0.123. The largest absolute Gasteiger partial charge is 0.489 e. The van der Waals surface area contributed by atoms with Crippen molar-refractivity contribution >= 4 is 18.1 Å². The molecule has 0 radical (unpaired) electrons. The molecule has 7 heteroatoms. The number of rotatable bonds is 10. The molecule has 0 saturated heterocycles. The Morgan fingerprint density at radius 3 is 1.94 bits per heavy atom. The van der Waals surface area contributed by atoms with Crippen LogP contribution in [-0.2, 0) is 11.4 Å². The van der Waals surface area contributed by atoms with Gasteiger partial charge in [0.25, 0.3) is 5.91 Å². The van der Waals surface area contributed by atoms with E-state index in [9.17, 15) is 9.59 Å². The number of ether oxygens (including phenoxy) is 3. The number of amides is 1. The second-order valence-electron chi connectivity index (χ2n) is 7.65. The lowest BCUT2D eigenvalue weighted by atomic mass is 10.2. The molecule has 0 saturated carbocycles. The monoisotopic (exact) mass is 480 g/mol. The van der Waals surface area contributed by atoms with Crippen LogP contribution in [0.25, 0.3) is 0 Å². The van der Waals surface area contributed by atoms with E-state index in [1.807, 2.05) is 36.4 Å². The maximum Gasteiger partial charge on any atom is 0.343 e. The molecule has 0 aliphatic heterocycles. The molecule has 0 aromatic heterocycles. The van der Waals surface area contributed by atoms with Crippen molar-refractivity contribution in [1.82, 2.24) is 5.43 Å². The smallest absolute Gasteiger partial charge is 0.343 e. The first kappa shape index (κ1) is 24.2. The summed E-state index contributed by atoms with van der Waals surface area (Å²) in [5.41, 5.74) is 4.69. The van der Waals surface area contributed by atoms with Crippen molar-refractivity contribution < 1.29 is 23.8 Å². The van der Waals surface area contributed by atoms with Crippen LogP contribution in [0, 0.1) is 0 Å². The van der Waals surface area contributed by atoms with E-state index < -0.39 is 11.9 Å². The summed E-state index contributed by atoms with van der Waals surface area (Å²) in [4.78, 5) is 24.1. The number of carbonyl (C=O) groups excluding carboxylic acids is 2. The minimum Gasteiger partial charge on any atom is -0.489 e. The molecule has 180 valence electrons. The summed E-state index contributed by atoms with van der Waals surface area (Å²) in [7, 11) is 0. The predicted molar refractivity (Wildman–Crippen MR) is 136 cm³/mol. The third-order valence-electron chi connectivity index (χ3n) is 4.94. The number of nitrogens with one attached hydrogen (secondary N) is 1. The molecule has 0 spiro atoms. The second kappa shape index (κ2) is 12.5. The number of hydrazone groups is 1. The van der Waals surface area contributed by atoms with Gasteiger partial charge in [-0.3, -0.25) is 4.79 Å². The van der Waals surface area contributed by atoms with E-state index in [0.717, 1.165) is 11.1 Å². The fourth-order valence-electron chi connectivity index (χ4n) is 3.10. The van der Waals surface area contributed by atoms with Crippen LogP contribution < -0.4 is 19.6 Å². The molecule has 0 bridgehead atoms. The summed E-state index contributed by atoms with van der Waals surface area (Å²) in [5, 5.41) is 3.93. The summed E-state index contributed by atoms with van der Waals surface area (Å²) in [6.07, 6.45) is 1.49. The van der Waals surface area contributed by atoms with E-state index in [1.54, 1.807) is 72.8 Å². The number of benzene rings is 4. The Balaban J connectivity index is 1.17. The average Bonchev–Trinajstić information content (AvgIpc) is 2.93. The Labute approximate surface area is 209 Å². The highest BCUT2D eigenvalue weighted by atomic mass is 16.5. The Bertz CT molecular complexity index is 1290. The molecule has 4 rings (SSSR count). The minimum absolute atomic E-state index is 0.185. The summed E-state index contributed by atoms with van der Waals surface area (Å²) in [6, 6.07) is 32.4. The van der Waals surface area contributed by atoms with Crippen LogP contribution in [0.1, 0.15) is 21.5 Å². The van der Waals surface area contributed by atoms with Crippen LogP contribution >= 0.6 is 0 Å². The Kier molecular flexibility index (Phi) is 8.43. The molecule has 1 amide bonds. The number of carbonyl (C=O) groups is 2. The van der Waals surface area contributed by atoms with E-state index in [1.165, 1.54) is 6.21 Å². The predicted octanol–water partition coefficient (Wildman–Crippen LogP) is 5.01. The van der Waals surface area contributed by atoms with Crippen molar-refractivity contribution in [1.29, 1.82) is 0 Å². The molecular formula is C29H24N2O5. The number of esters is 1. The molecule has 1 N–H and O–H groups in total. The van der Waals surface area contributed by atoms with Gasteiger partial charge in [-0.1, -0.05) is 48.5 Å². The van der Waals surface area contributed by atoms with Crippen molar-refractivity contribution in [2.24, 2.45) is 5.10 Å². The van der Waals surface area contributed by atoms with Crippen LogP contribution in [-0.4, -0.2) is 24.7 Å². The SMILES string of the molecule is O=C(COc1ccc(OCc2ccccc2)cc1)N/N=C/c1ccc(OC(=O)c2ccccc2)cc1. The van der Waals surface area contributed by atoms with Gasteiger partial charge in [0, 0.05) is 0 Å². The maximum atomic E-state index is 12.1. The molecule has 0 aliphatic rings. The Morgan fingerprint density at radius 1 is 0.694 bits per heavy atom. The molecule has 4 aromatic carbocycles. The third kappa shape index (κ3) is 7.56. The van der Waals surface area contributed by atoms with Crippen molar-refractivity contribution in [3.8, 4) is 17.2 Å². The number of nitrogens with zero attached hydrogens (tertiary/aromatic N) is 1. The van der Waals surface area contributed by atoms with Crippen molar-refractivity contribution in [3.05, 3.63) is 126 Å². The third-order valence-corrected chi connectivity index (χ3v) is 4.94. The molecule has 0 aliphatic carbocycles. The van der Waals surface area contributed by atoms with Crippen LogP contribution in [0.15, 0.2) is 114 Å². The lowest BCUT2D eigenvalue weighted by Gasteiger charge is -2.08. The number of hydrogen-bond donors (Lipinski definition) is 1. The standard InChI is InChI=1S/C29H24N2O5/c32-28(21-35-26-17-15-25(16-18-26)34-20-23-7-3-1-4-8-23)31-30-19-22-11-13-27(14-12-22)36-29(33)24-9-5-2-6-10-24/h1-19H,20-21H2,(H,31,32)/b30-19+. The zero-order chi connectivity index (χ0) is 25.0. The number of hydrogen-bond acceptors (Lipinski definition) is 6. The van der Waals surface area contributed by atoms with Crippen molar-refractivity contribution in [2.45, 2.75) is 6.61 Å². The zero-order valence-electron chi connectivity index (χ0n) is 19.4. The van der Waals surface area contributed by atoms with Crippen LogP contribution in [0.2, 0.25) is 0 Å². The normalized spacial score (nSPS) is 10.6. The maximum absolute atomic E-state index is 12.1. The summed E-state index contributed by atoms with van der Waals surface area (Å²) >= 11 is 0. The van der Waals surface area contributed by atoms with Crippen molar-refractivity contribution in [3.63, 3.8) is 0 Å². The first-order valence-electron chi connectivity index (χ1n) is 11.2. The molecule has 0 atom stereocenters. The molecule has 36 heavy (non-hydrogen) atoms. The highest BCUT2D eigenvalue weighted by Crippen LogP contribution is 2.19. The van der Waals surface area contributed by atoms with Gasteiger partial charge in [-0.15, -0.1) is 0 Å². The molecular weight excluding hydrogens is 456 g/mol. The van der Waals surface area contributed by atoms with Gasteiger partial charge in [0.05, 0.1) is 11.8 Å². The average molecular weight is 481 g/mol. The van der Waals surface area contributed by atoms with Crippen LogP contribution in [0.5, 0.6) is 17.2 Å². The lowest BCUT2D eigenvalue weighted by Crippen LogP contribution is -2.24. The van der Waals surface area contributed by atoms with Gasteiger partial charge in [-0.05, 0) is 71.8 Å². The fraction of sp³-hybridized carbons (Fsp3) is 0.0690. The molecule has 0 unspecified atom stereocenters. The first-order valence-corrected chi connectivity index (χ1v) is 11.2. The molecule has 4 aromatic rings. The minimum atomic E-state index is -0.432. The Morgan fingerprint density at radius 2 is 1.28 bits per heavy atom. The molecule has 0 heterocycles. The first-order chi connectivity index (χ1) is 17.7. The van der Waals surface area contributed by atoms with Crippen LogP contribution in [0.3, 0.4) is 0 Å². The Hall–Kier alpha value is -4.91. The van der Waals surface area contributed by atoms with E-state index in [4.69, 9.17) is 14.2 Å². The van der Waals surface area contributed by atoms with Gasteiger partial charge in [-0.2, -0.15) is 5.10 Å². The summed E-state index contributed by atoms with van der Waals surface area (Å²) < 4.78 is 16.6. The van der Waals surface area contributed by atoms with Gasteiger partial charge in [0.1, 0.15) is 23.9 Å². The van der Waals surface area contributed by atoms with Gasteiger partial charge in [0.15, 0.2) is 6.61 Å². The molecule has 0 fully saturated rings.